The van der Waals surface area contributed by atoms with Gasteiger partial charge in [-0.05, 0) is 31.0 Å². The summed E-state index contributed by atoms with van der Waals surface area (Å²) >= 11 is 3.51. The van der Waals surface area contributed by atoms with E-state index in [1.165, 1.54) is 37.7 Å². The van der Waals surface area contributed by atoms with Crippen LogP contribution in [0.1, 0.15) is 37.7 Å². The fourth-order valence-electron chi connectivity index (χ4n) is 2.45. The van der Waals surface area contributed by atoms with Gasteiger partial charge in [-0.2, -0.15) is 0 Å². The zero-order valence-corrected chi connectivity index (χ0v) is 11.9. The standard InChI is InChI=1S/C14H20BrNO/c1-17-14-8-7-12(15)9-11(14)10-16-13-5-3-2-4-6-13/h7-9,13,16H,2-6,10H2,1H3. The zero-order chi connectivity index (χ0) is 12.1. The third-order valence-electron chi connectivity index (χ3n) is 3.43. The predicted octanol–water partition coefficient (Wildman–Crippen LogP) is 3.88. The van der Waals surface area contributed by atoms with Gasteiger partial charge in [0.2, 0.25) is 0 Å². The van der Waals surface area contributed by atoms with Gasteiger partial charge in [0.15, 0.2) is 0 Å². The molecule has 2 rings (SSSR count). The Morgan fingerprint density at radius 2 is 2.06 bits per heavy atom. The minimum Gasteiger partial charge on any atom is -0.496 e. The van der Waals surface area contributed by atoms with E-state index in [4.69, 9.17) is 4.74 Å². The molecule has 1 saturated carbocycles. The summed E-state index contributed by atoms with van der Waals surface area (Å²) in [5, 5.41) is 3.64. The van der Waals surface area contributed by atoms with Crippen molar-refractivity contribution < 1.29 is 4.74 Å². The summed E-state index contributed by atoms with van der Waals surface area (Å²) in [7, 11) is 1.73. The minimum atomic E-state index is 0.687. The lowest BCUT2D eigenvalue weighted by molar-refractivity contribution is 0.365. The van der Waals surface area contributed by atoms with E-state index in [0.717, 1.165) is 16.8 Å². The lowest BCUT2D eigenvalue weighted by Crippen LogP contribution is -2.30. The molecule has 0 saturated heterocycles. The van der Waals surface area contributed by atoms with Gasteiger partial charge in [0.05, 0.1) is 7.11 Å². The molecule has 94 valence electrons. The van der Waals surface area contributed by atoms with Crippen LogP contribution in [0.2, 0.25) is 0 Å². The summed E-state index contributed by atoms with van der Waals surface area (Å²) in [6.07, 6.45) is 6.77. The molecule has 0 heterocycles. The van der Waals surface area contributed by atoms with Gasteiger partial charge in [-0.25, -0.2) is 0 Å². The monoisotopic (exact) mass is 297 g/mol. The normalized spacial score (nSPS) is 17.1. The first-order valence-corrected chi connectivity index (χ1v) is 7.14. The third-order valence-corrected chi connectivity index (χ3v) is 3.92. The van der Waals surface area contributed by atoms with Gasteiger partial charge < -0.3 is 10.1 Å². The Morgan fingerprint density at radius 1 is 1.29 bits per heavy atom. The first-order chi connectivity index (χ1) is 8.29. The largest absolute Gasteiger partial charge is 0.496 e. The van der Waals surface area contributed by atoms with Gasteiger partial charge in [-0.3, -0.25) is 0 Å². The zero-order valence-electron chi connectivity index (χ0n) is 10.3. The molecule has 3 heteroatoms. The van der Waals surface area contributed by atoms with Crippen LogP contribution in [0.5, 0.6) is 5.75 Å². The van der Waals surface area contributed by atoms with E-state index in [-0.39, 0.29) is 0 Å². The van der Waals surface area contributed by atoms with E-state index >= 15 is 0 Å². The SMILES string of the molecule is COc1ccc(Br)cc1CNC1CCCCC1. The molecule has 1 aromatic carbocycles. The molecule has 1 aliphatic carbocycles. The van der Waals surface area contributed by atoms with E-state index in [9.17, 15) is 0 Å². The van der Waals surface area contributed by atoms with E-state index in [0.29, 0.717) is 6.04 Å². The van der Waals surface area contributed by atoms with Crippen LogP contribution in [0.25, 0.3) is 0 Å². The number of rotatable bonds is 4. The van der Waals surface area contributed by atoms with Crippen LogP contribution in [0.15, 0.2) is 22.7 Å². The summed E-state index contributed by atoms with van der Waals surface area (Å²) in [6.45, 7) is 0.896. The molecular weight excluding hydrogens is 278 g/mol. The maximum absolute atomic E-state index is 5.38. The average molecular weight is 298 g/mol. The second-order valence-electron chi connectivity index (χ2n) is 4.67. The van der Waals surface area contributed by atoms with Crippen LogP contribution in [0, 0.1) is 0 Å². The van der Waals surface area contributed by atoms with Crippen molar-refractivity contribution in [2.75, 3.05) is 7.11 Å². The Balaban J connectivity index is 1.95. The Bertz CT molecular complexity index is 361. The van der Waals surface area contributed by atoms with E-state index in [1.54, 1.807) is 7.11 Å². The number of methoxy groups -OCH3 is 1. The molecule has 2 nitrogen and oxygen atoms in total. The fraction of sp³-hybridized carbons (Fsp3) is 0.571. The number of ether oxygens (including phenoxy) is 1. The highest BCUT2D eigenvalue weighted by Crippen LogP contribution is 2.24. The van der Waals surface area contributed by atoms with E-state index < -0.39 is 0 Å². The number of halogens is 1. The molecule has 17 heavy (non-hydrogen) atoms. The molecule has 0 unspecified atom stereocenters. The quantitative estimate of drug-likeness (QED) is 0.911. The molecular formula is C14H20BrNO. The third kappa shape index (κ3) is 3.71. The summed E-state index contributed by atoms with van der Waals surface area (Å²) < 4.78 is 6.49. The van der Waals surface area contributed by atoms with Gasteiger partial charge in [0.25, 0.3) is 0 Å². The van der Waals surface area contributed by atoms with Crippen molar-refractivity contribution >= 4 is 15.9 Å². The Kier molecular flexibility index (Phi) is 4.86. The second kappa shape index (κ2) is 6.41. The topological polar surface area (TPSA) is 21.3 Å². The van der Waals surface area contributed by atoms with Gasteiger partial charge >= 0.3 is 0 Å². The molecule has 0 aliphatic heterocycles. The lowest BCUT2D eigenvalue weighted by Gasteiger charge is -2.23. The van der Waals surface area contributed by atoms with Gasteiger partial charge in [0.1, 0.15) is 5.75 Å². The Morgan fingerprint density at radius 3 is 2.76 bits per heavy atom. The summed E-state index contributed by atoms with van der Waals surface area (Å²) in [5.74, 6) is 0.969. The molecule has 0 spiro atoms. The molecule has 0 radical (unpaired) electrons. The molecule has 0 atom stereocenters. The first-order valence-electron chi connectivity index (χ1n) is 6.35. The van der Waals surface area contributed by atoms with Crippen molar-refractivity contribution in [3.8, 4) is 5.75 Å². The average Bonchev–Trinajstić information content (AvgIpc) is 2.38. The van der Waals surface area contributed by atoms with Crippen LogP contribution < -0.4 is 10.1 Å². The number of hydrogen-bond donors (Lipinski definition) is 1. The van der Waals surface area contributed by atoms with Crippen molar-refractivity contribution in [2.24, 2.45) is 0 Å². The van der Waals surface area contributed by atoms with Crippen molar-refractivity contribution in [1.82, 2.24) is 5.32 Å². The van der Waals surface area contributed by atoms with Gasteiger partial charge in [-0.15, -0.1) is 0 Å². The summed E-state index contributed by atoms with van der Waals surface area (Å²) in [5.41, 5.74) is 1.23. The smallest absolute Gasteiger partial charge is 0.123 e. The maximum Gasteiger partial charge on any atom is 0.123 e. The van der Waals surface area contributed by atoms with Crippen LogP contribution in [0.4, 0.5) is 0 Å². The predicted molar refractivity (Wildman–Crippen MR) is 74.4 cm³/mol. The summed E-state index contributed by atoms with van der Waals surface area (Å²) in [6, 6.07) is 6.85. The Labute approximate surface area is 112 Å². The molecule has 0 amide bonds. The molecule has 1 N–H and O–H groups in total. The van der Waals surface area contributed by atoms with Gasteiger partial charge in [-0.1, -0.05) is 35.2 Å². The molecule has 0 bridgehead atoms. The fourth-order valence-corrected chi connectivity index (χ4v) is 2.85. The highest BCUT2D eigenvalue weighted by atomic mass is 79.9. The number of hydrogen-bond acceptors (Lipinski definition) is 2. The van der Waals surface area contributed by atoms with Crippen molar-refractivity contribution in [2.45, 2.75) is 44.7 Å². The van der Waals surface area contributed by atoms with Crippen molar-refractivity contribution in [1.29, 1.82) is 0 Å². The minimum absolute atomic E-state index is 0.687. The summed E-state index contributed by atoms with van der Waals surface area (Å²) in [4.78, 5) is 0. The molecule has 1 aromatic rings. The van der Waals surface area contributed by atoms with Gasteiger partial charge in [0, 0.05) is 22.6 Å². The van der Waals surface area contributed by atoms with E-state index in [1.807, 2.05) is 12.1 Å². The second-order valence-corrected chi connectivity index (χ2v) is 5.59. The highest BCUT2D eigenvalue weighted by Gasteiger charge is 2.13. The van der Waals surface area contributed by atoms with Crippen LogP contribution >= 0.6 is 15.9 Å². The number of benzene rings is 1. The van der Waals surface area contributed by atoms with Crippen LogP contribution in [0.3, 0.4) is 0 Å². The highest BCUT2D eigenvalue weighted by molar-refractivity contribution is 9.10. The van der Waals surface area contributed by atoms with Crippen LogP contribution in [-0.2, 0) is 6.54 Å². The van der Waals surface area contributed by atoms with Crippen LogP contribution in [-0.4, -0.2) is 13.2 Å². The van der Waals surface area contributed by atoms with E-state index in [2.05, 4.69) is 27.3 Å². The lowest BCUT2D eigenvalue weighted by atomic mass is 9.95. The molecule has 0 aromatic heterocycles. The Hall–Kier alpha value is -0.540. The maximum atomic E-state index is 5.38. The van der Waals surface area contributed by atoms with Crippen molar-refractivity contribution in [3.05, 3.63) is 28.2 Å². The first kappa shape index (κ1) is 12.9. The van der Waals surface area contributed by atoms with Crippen molar-refractivity contribution in [3.63, 3.8) is 0 Å². The number of nitrogens with one attached hydrogen (secondary N) is 1. The molecule has 1 aliphatic rings. The molecule has 1 fully saturated rings.